The first-order valence-corrected chi connectivity index (χ1v) is 13.3. The smallest absolute Gasteiger partial charge is 0.247 e. The zero-order valence-electron chi connectivity index (χ0n) is 20.7. The molecule has 1 aliphatic rings. The fourth-order valence-corrected chi connectivity index (χ4v) is 5.82. The zero-order chi connectivity index (χ0) is 25.0. The van der Waals surface area contributed by atoms with E-state index in [1.54, 1.807) is 18.2 Å². The number of anilines is 1. The molecule has 1 aliphatic heterocycles. The summed E-state index contributed by atoms with van der Waals surface area (Å²) < 4.78 is 39.6. The summed E-state index contributed by atoms with van der Waals surface area (Å²) in [5.74, 6) is 1.59. The minimum Gasteiger partial charge on any atom is -0.494 e. The van der Waals surface area contributed by atoms with Crippen LogP contribution in [0.1, 0.15) is 25.0 Å². The highest BCUT2D eigenvalue weighted by Crippen LogP contribution is 2.32. The first-order valence-electron chi connectivity index (χ1n) is 11.9. The molecule has 0 amide bonds. The van der Waals surface area contributed by atoms with Crippen molar-refractivity contribution in [2.24, 2.45) is 0 Å². The van der Waals surface area contributed by atoms with Crippen molar-refractivity contribution in [3.8, 4) is 22.8 Å². The van der Waals surface area contributed by atoms with Crippen molar-refractivity contribution in [2.75, 3.05) is 44.3 Å². The SMILES string of the molecule is CCOc1ccc(OCC)c(S(=O)(=O)N2CCN(c3ccc(-c4ccc(C)cc4C)nn3)CC2)c1. The van der Waals surface area contributed by atoms with Crippen LogP contribution in [0, 0.1) is 13.8 Å². The third kappa shape index (κ3) is 5.41. The van der Waals surface area contributed by atoms with Crippen molar-refractivity contribution >= 4 is 15.8 Å². The van der Waals surface area contributed by atoms with E-state index in [0.717, 1.165) is 22.6 Å². The molecule has 1 aromatic heterocycles. The number of nitrogens with zero attached hydrogens (tertiary/aromatic N) is 4. The molecule has 0 unspecified atom stereocenters. The molecule has 0 radical (unpaired) electrons. The standard InChI is InChI=1S/C26H32N4O4S/c1-5-33-21-8-11-24(34-6-2)25(18-21)35(31,32)30-15-13-29(14-16-30)26-12-10-23(27-28-26)22-9-7-19(3)17-20(22)4/h7-12,17-18H,5-6,13-16H2,1-4H3. The first-order chi connectivity index (χ1) is 16.8. The average Bonchev–Trinajstić information content (AvgIpc) is 2.85. The van der Waals surface area contributed by atoms with Gasteiger partial charge in [0.25, 0.3) is 0 Å². The van der Waals surface area contributed by atoms with Gasteiger partial charge < -0.3 is 14.4 Å². The second kappa shape index (κ2) is 10.6. The van der Waals surface area contributed by atoms with Gasteiger partial charge in [-0.15, -0.1) is 10.2 Å². The molecule has 2 heterocycles. The van der Waals surface area contributed by atoms with Gasteiger partial charge in [0, 0.05) is 37.8 Å². The van der Waals surface area contributed by atoms with Gasteiger partial charge in [-0.1, -0.05) is 23.8 Å². The quantitative estimate of drug-likeness (QED) is 0.465. The maximum absolute atomic E-state index is 13.5. The van der Waals surface area contributed by atoms with E-state index in [2.05, 4.69) is 47.1 Å². The Morgan fingerprint density at radius 2 is 1.60 bits per heavy atom. The summed E-state index contributed by atoms with van der Waals surface area (Å²) in [5.41, 5.74) is 4.25. The molecule has 4 rings (SSSR count). The lowest BCUT2D eigenvalue weighted by Gasteiger charge is -2.34. The van der Waals surface area contributed by atoms with Crippen molar-refractivity contribution in [1.82, 2.24) is 14.5 Å². The summed E-state index contributed by atoms with van der Waals surface area (Å²) in [6, 6.07) is 15.1. The molecule has 8 nitrogen and oxygen atoms in total. The summed E-state index contributed by atoms with van der Waals surface area (Å²) in [6.07, 6.45) is 0. The van der Waals surface area contributed by atoms with Crippen molar-refractivity contribution in [3.05, 3.63) is 59.7 Å². The molecule has 0 saturated carbocycles. The van der Waals surface area contributed by atoms with Crippen molar-refractivity contribution in [3.63, 3.8) is 0 Å². The number of ether oxygens (including phenoxy) is 2. The first kappa shape index (κ1) is 24.9. The van der Waals surface area contributed by atoms with E-state index in [4.69, 9.17) is 9.47 Å². The number of hydrogen-bond acceptors (Lipinski definition) is 7. The van der Waals surface area contributed by atoms with Gasteiger partial charge in [-0.25, -0.2) is 8.42 Å². The molecule has 3 aromatic rings. The minimum absolute atomic E-state index is 0.136. The summed E-state index contributed by atoms with van der Waals surface area (Å²) in [6.45, 7) is 10.4. The second-order valence-corrected chi connectivity index (χ2v) is 10.4. The molecule has 1 fully saturated rings. The van der Waals surface area contributed by atoms with Crippen LogP contribution in [-0.4, -0.2) is 62.3 Å². The van der Waals surface area contributed by atoms with E-state index in [1.165, 1.54) is 9.87 Å². The average molecular weight is 497 g/mol. The lowest BCUT2D eigenvalue weighted by molar-refractivity contribution is 0.319. The monoisotopic (exact) mass is 496 g/mol. The van der Waals surface area contributed by atoms with Gasteiger partial charge in [0.1, 0.15) is 16.4 Å². The number of hydrogen-bond donors (Lipinski definition) is 0. The van der Waals surface area contributed by atoms with Crippen LogP contribution < -0.4 is 14.4 Å². The van der Waals surface area contributed by atoms with Crippen LogP contribution in [0.5, 0.6) is 11.5 Å². The van der Waals surface area contributed by atoms with E-state index in [-0.39, 0.29) is 4.90 Å². The number of benzene rings is 2. The maximum atomic E-state index is 13.5. The highest BCUT2D eigenvalue weighted by Gasteiger charge is 2.32. The Labute approximate surface area is 207 Å². The van der Waals surface area contributed by atoms with Crippen LogP contribution in [0.4, 0.5) is 5.82 Å². The molecule has 1 saturated heterocycles. The Morgan fingerprint density at radius 3 is 2.23 bits per heavy atom. The van der Waals surface area contributed by atoms with Crippen LogP contribution in [0.15, 0.2) is 53.4 Å². The lowest BCUT2D eigenvalue weighted by atomic mass is 10.0. The Hall–Kier alpha value is -3.17. The number of piperazine rings is 1. The Balaban J connectivity index is 1.48. The molecule has 2 aromatic carbocycles. The summed E-state index contributed by atoms with van der Waals surface area (Å²) >= 11 is 0. The predicted molar refractivity (Wildman–Crippen MR) is 137 cm³/mol. The third-order valence-corrected chi connectivity index (χ3v) is 7.93. The molecule has 0 spiro atoms. The van der Waals surface area contributed by atoms with Crippen LogP contribution in [0.2, 0.25) is 0 Å². The van der Waals surface area contributed by atoms with Crippen LogP contribution in [-0.2, 0) is 10.0 Å². The molecule has 0 N–H and O–H groups in total. The Kier molecular flexibility index (Phi) is 7.57. The van der Waals surface area contributed by atoms with Gasteiger partial charge >= 0.3 is 0 Å². The van der Waals surface area contributed by atoms with E-state index in [9.17, 15) is 8.42 Å². The van der Waals surface area contributed by atoms with Gasteiger partial charge in [-0.2, -0.15) is 4.31 Å². The van der Waals surface area contributed by atoms with Gasteiger partial charge in [-0.3, -0.25) is 0 Å². The fourth-order valence-electron chi connectivity index (χ4n) is 4.26. The zero-order valence-corrected chi connectivity index (χ0v) is 21.5. The van der Waals surface area contributed by atoms with Crippen LogP contribution >= 0.6 is 0 Å². The number of sulfonamides is 1. The predicted octanol–water partition coefficient (Wildman–Crippen LogP) is 4.07. The largest absolute Gasteiger partial charge is 0.494 e. The number of aromatic nitrogens is 2. The normalized spacial score (nSPS) is 14.7. The number of aryl methyl sites for hydroxylation is 2. The van der Waals surface area contributed by atoms with Crippen molar-refractivity contribution < 1.29 is 17.9 Å². The third-order valence-electron chi connectivity index (χ3n) is 6.01. The van der Waals surface area contributed by atoms with Gasteiger partial charge in [0.05, 0.1) is 18.9 Å². The topological polar surface area (TPSA) is 84.9 Å². The van der Waals surface area contributed by atoms with E-state index >= 15 is 0 Å². The van der Waals surface area contributed by atoms with Crippen molar-refractivity contribution in [1.29, 1.82) is 0 Å². The molecule has 0 atom stereocenters. The second-order valence-electron chi connectivity index (χ2n) is 8.46. The summed E-state index contributed by atoms with van der Waals surface area (Å²) in [5, 5.41) is 8.86. The van der Waals surface area contributed by atoms with Gasteiger partial charge in [0.2, 0.25) is 10.0 Å². The summed E-state index contributed by atoms with van der Waals surface area (Å²) in [7, 11) is -3.75. The highest BCUT2D eigenvalue weighted by molar-refractivity contribution is 7.89. The number of rotatable bonds is 8. The maximum Gasteiger partial charge on any atom is 0.247 e. The van der Waals surface area contributed by atoms with E-state index in [0.29, 0.717) is 50.9 Å². The molecule has 186 valence electrons. The Bertz CT molecular complexity index is 1270. The van der Waals surface area contributed by atoms with Gasteiger partial charge in [0.15, 0.2) is 5.82 Å². The Morgan fingerprint density at radius 1 is 0.857 bits per heavy atom. The molecule has 0 aliphatic carbocycles. The summed E-state index contributed by atoms with van der Waals surface area (Å²) in [4.78, 5) is 2.20. The van der Waals surface area contributed by atoms with Crippen LogP contribution in [0.3, 0.4) is 0 Å². The molecule has 0 bridgehead atoms. The fraction of sp³-hybridized carbons (Fsp3) is 0.385. The van der Waals surface area contributed by atoms with E-state index < -0.39 is 10.0 Å². The highest BCUT2D eigenvalue weighted by atomic mass is 32.2. The van der Waals surface area contributed by atoms with E-state index in [1.807, 2.05) is 26.0 Å². The molecular weight excluding hydrogens is 464 g/mol. The molecule has 9 heteroatoms. The lowest BCUT2D eigenvalue weighted by Crippen LogP contribution is -2.49. The van der Waals surface area contributed by atoms with Crippen molar-refractivity contribution in [2.45, 2.75) is 32.6 Å². The minimum atomic E-state index is -3.75. The van der Waals surface area contributed by atoms with Crippen LogP contribution in [0.25, 0.3) is 11.3 Å². The molecular formula is C26H32N4O4S. The van der Waals surface area contributed by atoms with Gasteiger partial charge in [-0.05, 0) is 57.5 Å². The molecule has 35 heavy (non-hydrogen) atoms.